The van der Waals surface area contributed by atoms with E-state index in [0.29, 0.717) is 32.4 Å². The Labute approximate surface area is 202 Å². The van der Waals surface area contributed by atoms with Gasteiger partial charge in [-0.2, -0.15) is 0 Å². The fourth-order valence-corrected chi connectivity index (χ4v) is 4.58. The highest BCUT2D eigenvalue weighted by Crippen LogP contribution is 2.17. The first-order chi connectivity index (χ1) is 16.3. The monoisotopic (exact) mass is 466 g/mol. The zero-order valence-corrected chi connectivity index (χ0v) is 20.2. The third kappa shape index (κ3) is 7.30. The van der Waals surface area contributed by atoms with Gasteiger partial charge in [0.15, 0.2) is 0 Å². The molecule has 4 atom stereocenters. The van der Waals surface area contributed by atoms with Crippen LogP contribution in [0.4, 0.5) is 4.79 Å². The van der Waals surface area contributed by atoms with Crippen LogP contribution in [0.1, 0.15) is 37.8 Å². The molecule has 1 aliphatic heterocycles. The van der Waals surface area contributed by atoms with Crippen LogP contribution in [-0.2, 0) is 17.6 Å². The van der Waals surface area contributed by atoms with Crippen molar-refractivity contribution in [1.29, 1.82) is 0 Å². The predicted octanol–water partition coefficient (Wildman–Crippen LogP) is 2.47. The lowest BCUT2D eigenvalue weighted by Crippen LogP contribution is -2.59. The molecule has 0 bridgehead atoms. The molecule has 0 aromatic heterocycles. The van der Waals surface area contributed by atoms with Crippen LogP contribution in [0.3, 0.4) is 0 Å². The highest BCUT2D eigenvalue weighted by Gasteiger charge is 2.35. The smallest absolute Gasteiger partial charge is 0.318 e. The summed E-state index contributed by atoms with van der Waals surface area (Å²) in [5.41, 5.74) is 8.47. The summed E-state index contributed by atoms with van der Waals surface area (Å²) < 4.78 is 0. The summed E-state index contributed by atoms with van der Waals surface area (Å²) in [6.07, 6.45) is 1.47. The summed E-state index contributed by atoms with van der Waals surface area (Å²) in [6.45, 7) is 5.08. The maximum Gasteiger partial charge on any atom is 0.318 e. The van der Waals surface area contributed by atoms with Crippen molar-refractivity contribution < 1.29 is 14.7 Å². The Morgan fingerprint density at radius 1 is 1.06 bits per heavy atom. The molecule has 0 spiro atoms. The molecule has 34 heavy (non-hydrogen) atoms. The minimum atomic E-state index is -0.787. The third-order valence-electron chi connectivity index (χ3n) is 6.35. The Morgan fingerprint density at radius 3 is 2.21 bits per heavy atom. The number of benzene rings is 2. The Bertz CT molecular complexity index is 907. The van der Waals surface area contributed by atoms with E-state index in [1.165, 1.54) is 0 Å². The standard InChI is InChI=1S/C27H38N4O3/c1-19(2)25(31-15-9-14-29-27(31)34)26(33)30-22(16-20-10-5-3-6-11-20)18-24(32)23(28)17-21-12-7-4-8-13-21/h3-8,10-13,19,22-25,32H,9,14-18,28H2,1-2H3,(H,29,34)(H,30,33)/t22?,23-,24?,25?/m0/s1. The number of carbonyl (C=O) groups excluding carboxylic acids is 2. The van der Waals surface area contributed by atoms with Crippen molar-refractivity contribution in [3.63, 3.8) is 0 Å². The van der Waals surface area contributed by atoms with Gasteiger partial charge in [0, 0.05) is 25.2 Å². The zero-order chi connectivity index (χ0) is 24.5. The number of hydrogen-bond acceptors (Lipinski definition) is 4. The van der Waals surface area contributed by atoms with Gasteiger partial charge in [0.1, 0.15) is 6.04 Å². The molecule has 2 aromatic rings. The zero-order valence-electron chi connectivity index (χ0n) is 20.2. The van der Waals surface area contributed by atoms with Gasteiger partial charge in [-0.05, 0) is 42.7 Å². The quantitative estimate of drug-likeness (QED) is 0.408. The minimum absolute atomic E-state index is 0.0495. The van der Waals surface area contributed by atoms with E-state index in [4.69, 9.17) is 5.73 Å². The molecule has 7 nitrogen and oxygen atoms in total. The number of nitrogens with zero attached hydrogens (tertiary/aromatic N) is 1. The van der Waals surface area contributed by atoms with Crippen LogP contribution in [0.25, 0.3) is 0 Å². The first kappa shape index (κ1) is 25.7. The Hall–Kier alpha value is -2.90. The molecule has 0 saturated carbocycles. The molecule has 2 aromatic carbocycles. The molecule has 3 rings (SSSR count). The molecule has 0 radical (unpaired) electrons. The SMILES string of the molecule is CC(C)C(C(=O)NC(Cc1ccccc1)CC(O)[C@@H](N)Cc1ccccc1)N1CCCNC1=O. The molecule has 1 saturated heterocycles. The van der Waals surface area contributed by atoms with Crippen LogP contribution in [-0.4, -0.2) is 59.3 Å². The fourth-order valence-electron chi connectivity index (χ4n) is 4.58. The van der Waals surface area contributed by atoms with E-state index < -0.39 is 18.2 Å². The average molecular weight is 467 g/mol. The van der Waals surface area contributed by atoms with Gasteiger partial charge in [0.2, 0.25) is 5.91 Å². The maximum atomic E-state index is 13.4. The molecule has 184 valence electrons. The van der Waals surface area contributed by atoms with Crippen LogP contribution >= 0.6 is 0 Å². The number of aliphatic hydroxyl groups excluding tert-OH is 1. The summed E-state index contributed by atoms with van der Waals surface area (Å²) in [7, 11) is 0. The van der Waals surface area contributed by atoms with Gasteiger partial charge in [-0.25, -0.2) is 4.79 Å². The molecule has 3 amide bonds. The Morgan fingerprint density at radius 2 is 1.65 bits per heavy atom. The van der Waals surface area contributed by atoms with Gasteiger partial charge in [0.05, 0.1) is 6.10 Å². The summed E-state index contributed by atoms with van der Waals surface area (Å²) in [5, 5.41) is 16.9. The Kier molecular flexibility index (Phi) is 9.48. The number of hydrogen-bond donors (Lipinski definition) is 4. The second-order valence-corrected chi connectivity index (χ2v) is 9.52. The normalized spacial score (nSPS) is 17.6. The molecular formula is C27H38N4O3. The minimum Gasteiger partial charge on any atom is -0.391 e. The van der Waals surface area contributed by atoms with Crippen LogP contribution in [0, 0.1) is 5.92 Å². The molecule has 3 unspecified atom stereocenters. The van der Waals surface area contributed by atoms with Gasteiger partial charge in [-0.15, -0.1) is 0 Å². The first-order valence-corrected chi connectivity index (χ1v) is 12.2. The van der Waals surface area contributed by atoms with Gasteiger partial charge >= 0.3 is 6.03 Å². The van der Waals surface area contributed by atoms with Gasteiger partial charge in [-0.3, -0.25) is 4.79 Å². The van der Waals surface area contributed by atoms with E-state index in [0.717, 1.165) is 17.5 Å². The van der Waals surface area contributed by atoms with E-state index in [-0.39, 0.29) is 23.9 Å². The van der Waals surface area contributed by atoms with E-state index in [2.05, 4.69) is 10.6 Å². The summed E-state index contributed by atoms with van der Waals surface area (Å²) in [4.78, 5) is 27.5. The number of nitrogens with two attached hydrogens (primary N) is 1. The lowest BCUT2D eigenvalue weighted by molar-refractivity contribution is -0.128. The van der Waals surface area contributed by atoms with Crippen molar-refractivity contribution in [2.45, 2.75) is 63.8 Å². The van der Waals surface area contributed by atoms with Crippen molar-refractivity contribution in [3.05, 3.63) is 71.8 Å². The largest absolute Gasteiger partial charge is 0.391 e. The lowest BCUT2D eigenvalue weighted by atomic mass is 9.93. The van der Waals surface area contributed by atoms with Crippen molar-refractivity contribution in [1.82, 2.24) is 15.5 Å². The van der Waals surface area contributed by atoms with Crippen molar-refractivity contribution >= 4 is 11.9 Å². The van der Waals surface area contributed by atoms with Crippen molar-refractivity contribution in [2.75, 3.05) is 13.1 Å². The van der Waals surface area contributed by atoms with Crippen LogP contribution in [0.2, 0.25) is 0 Å². The molecule has 1 aliphatic rings. The van der Waals surface area contributed by atoms with Crippen LogP contribution < -0.4 is 16.4 Å². The number of carbonyl (C=O) groups is 2. The third-order valence-corrected chi connectivity index (χ3v) is 6.35. The molecule has 1 heterocycles. The maximum absolute atomic E-state index is 13.4. The molecule has 5 N–H and O–H groups in total. The van der Waals surface area contributed by atoms with E-state index in [1.54, 1.807) is 4.90 Å². The fraction of sp³-hybridized carbons (Fsp3) is 0.481. The number of amides is 3. The van der Waals surface area contributed by atoms with Crippen molar-refractivity contribution in [2.24, 2.45) is 11.7 Å². The molecule has 7 heteroatoms. The number of rotatable bonds is 11. The first-order valence-electron chi connectivity index (χ1n) is 12.2. The van der Waals surface area contributed by atoms with Gasteiger partial charge in [-0.1, -0.05) is 74.5 Å². The summed E-state index contributed by atoms with van der Waals surface area (Å²) >= 11 is 0. The van der Waals surface area contributed by atoms with Crippen LogP contribution in [0.15, 0.2) is 60.7 Å². The van der Waals surface area contributed by atoms with Gasteiger partial charge in [0.25, 0.3) is 0 Å². The van der Waals surface area contributed by atoms with Crippen molar-refractivity contribution in [3.8, 4) is 0 Å². The highest BCUT2D eigenvalue weighted by atomic mass is 16.3. The molecular weight excluding hydrogens is 428 g/mol. The summed E-state index contributed by atoms with van der Waals surface area (Å²) in [5.74, 6) is -0.247. The number of nitrogens with one attached hydrogen (secondary N) is 2. The second kappa shape index (κ2) is 12.5. The average Bonchev–Trinajstić information content (AvgIpc) is 2.81. The van der Waals surface area contributed by atoms with Crippen LogP contribution in [0.5, 0.6) is 0 Å². The molecule has 1 fully saturated rings. The number of urea groups is 1. The highest BCUT2D eigenvalue weighted by molar-refractivity contribution is 5.87. The van der Waals surface area contributed by atoms with Gasteiger partial charge < -0.3 is 26.4 Å². The number of aliphatic hydroxyl groups is 1. The second-order valence-electron chi connectivity index (χ2n) is 9.52. The summed E-state index contributed by atoms with van der Waals surface area (Å²) in [6, 6.07) is 18.2. The van der Waals surface area contributed by atoms with E-state index in [1.807, 2.05) is 74.5 Å². The van der Waals surface area contributed by atoms with E-state index in [9.17, 15) is 14.7 Å². The van der Waals surface area contributed by atoms with E-state index >= 15 is 0 Å². The topological polar surface area (TPSA) is 108 Å². The Balaban J connectivity index is 1.72. The predicted molar refractivity (Wildman–Crippen MR) is 134 cm³/mol. The lowest BCUT2D eigenvalue weighted by Gasteiger charge is -2.37. The molecule has 0 aliphatic carbocycles.